The smallest absolute Gasteiger partial charge is 0.307 e. The summed E-state index contributed by atoms with van der Waals surface area (Å²) in [5.74, 6) is 0.126. The lowest BCUT2D eigenvalue weighted by molar-refractivity contribution is -0.143. The molecule has 2 atom stereocenters. The molecule has 3 heteroatoms. The van der Waals surface area contributed by atoms with Crippen LogP contribution in [-0.2, 0) is 4.79 Å². The normalized spacial score (nSPS) is 23.6. The standard InChI is InChI=1S/C15H20O3/c1-2-18-12-9-7-11(8-10-12)13-5-3-4-6-14(13)15(16)17/h7-10,13-14H,2-6H2,1H3,(H,16,17). The Bertz CT molecular complexity index is 397. The van der Waals surface area contributed by atoms with Crippen LogP contribution >= 0.6 is 0 Å². The van der Waals surface area contributed by atoms with E-state index in [4.69, 9.17) is 4.74 Å². The van der Waals surface area contributed by atoms with Crippen LogP contribution in [0, 0.1) is 5.92 Å². The predicted molar refractivity (Wildman–Crippen MR) is 69.9 cm³/mol. The lowest BCUT2D eigenvalue weighted by atomic mass is 9.75. The van der Waals surface area contributed by atoms with E-state index in [0.29, 0.717) is 6.61 Å². The molecule has 1 saturated carbocycles. The van der Waals surface area contributed by atoms with Crippen LogP contribution in [0.25, 0.3) is 0 Å². The summed E-state index contributed by atoms with van der Waals surface area (Å²) in [7, 11) is 0. The molecule has 1 aliphatic carbocycles. The molecule has 0 amide bonds. The van der Waals surface area contributed by atoms with E-state index >= 15 is 0 Å². The third-order valence-corrected chi connectivity index (χ3v) is 3.70. The molecule has 0 spiro atoms. The average molecular weight is 248 g/mol. The van der Waals surface area contributed by atoms with Crippen molar-refractivity contribution in [1.82, 2.24) is 0 Å². The van der Waals surface area contributed by atoms with Crippen molar-refractivity contribution in [3.8, 4) is 5.75 Å². The van der Waals surface area contributed by atoms with Gasteiger partial charge in [-0.05, 0) is 43.4 Å². The number of hydrogen-bond acceptors (Lipinski definition) is 2. The fraction of sp³-hybridized carbons (Fsp3) is 0.533. The van der Waals surface area contributed by atoms with Crippen LogP contribution in [0.3, 0.4) is 0 Å². The molecular formula is C15H20O3. The zero-order valence-electron chi connectivity index (χ0n) is 10.8. The van der Waals surface area contributed by atoms with E-state index in [9.17, 15) is 9.90 Å². The maximum atomic E-state index is 11.3. The third-order valence-electron chi connectivity index (χ3n) is 3.70. The highest BCUT2D eigenvalue weighted by Gasteiger charge is 2.31. The Hall–Kier alpha value is -1.51. The first kappa shape index (κ1) is 12.9. The van der Waals surface area contributed by atoms with Gasteiger partial charge in [-0.15, -0.1) is 0 Å². The van der Waals surface area contributed by atoms with Crippen molar-refractivity contribution in [3.63, 3.8) is 0 Å². The Balaban J connectivity index is 2.15. The number of rotatable bonds is 4. The van der Waals surface area contributed by atoms with Crippen molar-refractivity contribution in [1.29, 1.82) is 0 Å². The summed E-state index contributed by atoms with van der Waals surface area (Å²) >= 11 is 0. The van der Waals surface area contributed by atoms with E-state index in [1.165, 1.54) is 0 Å². The van der Waals surface area contributed by atoms with Crippen LogP contribution in [0.2, 0.25) is 0 Å². The number of hydrogen-bond donors (Lipinski definition) is 1. The lowest BCUT2D eigenvalue weighted by Gasteiger charge is -2.28. The molecule has 0 radical (unpaired) electrons. The first-order chi connectivity index (χ1) is 8.72. The summed E-state index contributed by atoms with van der Waals surface area (Å²) in [6.45, 7) is 2.61. The Morgan fingerprint density at radius 1 is 1.28 bits per heavy atom. The molecule has 0 bridgehead atoms. The molecule has 1 aromatic rings. The highest BCUT2D eigenvalue weighted by molar-refractivity contribution is 5.71. The van der Waals surface area contributed by atoms with Crippen LogP contribution in [-0.4, -0.2) is 17.7 Å². The van der Waals surface area contributed by atoms with Gasteiger partial charge in [0.05, 0.1) is 12.5 Å². The van der Waals surface area contributed by atoms with Gasteiger partial charge in [-0.3, -0.25) is 4.79 Å². The zero-order chi connectivity index (χ0) is 13.0. The van der Waals surface area contributed by atoms with E-state index in [1.807, 2.05) is 31.2 Å². The van der Waals surface area contributed by atoms with Gasteiger partial charge in [-0.1, -0.05) is 25.0 Å². The van der Waals surface area contributed by atoms with Crippen molar-refractivity contribution in [2.24, 2.45) is 5.92 Å². The molecule has 1 fully saturated rings. The zero-order valence-corrected chi connectivity index (χ0v) is 10.8. The van der Waals surface area contributed by atoms with Gasteiger partial charge in [0, 0.05) is 0 Å². The summed E-state index contributed by atoms with van der Waals surface area (Å²) < 4.78 is 5.41. The average Bonchev–Trinajstić information content (AvgIpc) is 2.40. The molecule has 98 valence electrons. The molecule has 1 aromatic carbocycles. The number of carboxylic acids is 1. The van der Waals surface area contributed by atoms with Crippen LogP contribution < -0.4 is 4.74 Å². The van der Waals surface area contributed by atoms with Crippen molar-refractivity contribution < 1.29 is 14.6 Å². The first-order valence-electron chi connectivity index (χ1n) is 6.68. The minimum atomic E-state index is -0.659. The van der Waals surface area contributed by atoms with Crippen LogP contribution in [0.15, 0.2) is 24.3 Å². The number of aliphatic carboxylic acids is 1. The van der Waals surface area contributed by atoms with Crippen molar-refractivity contribution in [2.45, 2.75) is 38.5 Å². The van der Waals surface area contributed by atoms with E-state index in [1.54, 1.807) is 0 Å². The number of ether oxygens (including phenoxy) is 1. The topological polar surface area (TPSA) is 46.5 Å². The number of benzene rings is 1. The Labute approximate surface area is 108 Å². The van der Waals surface area contributed by atoms with E-state index in [-0.39, 0.29) is 11.8 Å². The molecule has 0 aromatic heterocycles. The Kier molecular flexibility index (Phi) is 4.24. The molecule has 1 aliphatic rings. The van der Waals surface area contributed by atoms with Gasteiger partial charge in [0.2, 0.25) is 0 Å². The van der Waals surface area contributed by atoms with E-state index in [0.717, 1.165) is 37.0 Å². The second kappa shape index (κ2) is 5.89. The largest absolute Gasteiger partial charge is 0.494 e. The van der Waals surface area contributed by atoms with E-state index in [2.05, 4.69) is 0 Å². The number of carbonyl (C=O) groups is 1. The molecule has 2 unspecified atom stereocenters. The first-order valence-corrected chi connectivity index (χ1v) is 6.68. The second-order valence-electron chi connectivity index (χ2n) is 4.84. The van der Waals surface area contributed by atoms with Gasteiger partial charge in [-0.25, -0.2) is 0 Å². The SMILES string of the molecule is CCOc1ccc(C2CCCCC2C(=O)O)cc1. The van der Waals surface area contributed by atoms with Crippen molar-refractivity contribution >= 4 is 5.97 Å². The van der Waals surface area contributed by atoms with Gasteiger partial charge in [-0.2, -0.15) is 0 Å². The molecule has 2 rings (SSSR count). The van der Waals surface area contributed by atoms with E-state index < -0.39 is 5.97 Å². The quantitative estimate of drug-likeness (QED) is 0.887. The monoisotopic (exact) mass is 248 g/mol. The summed E-state index contributed by atoms with van der Waals surface area (Å²) in [6.07, 6.45) is 3.93. The maximum absolute atomic E-state index is 11.3. The molecule has 0 aliphatic heterocycles. The number of carboxylic acid groups (broad SMARTS) is 1. The lowest BCUT2D eigenvalue weighted by Crippen LogP contribution is -2.25. The van der Waals surface area contributed by atoms with Crippen molar-refractivity contribution in [3.05, 3.63) is 29.8 Å². The highest BCUT2D eigenvalue weighted by Crippen LogP contribution is 2.38. The van der Waals surface area contributed by atoms with Crippen LogP contribution in [0.1, 0.15) is 44.1 Å². The minimum Gasteiger partial charge on any atom is -0.494 e. The summed E-state index contributed by atoms with van der Waals surface area (Å²) in [6, 6.07) is 7.90. The maximum Gasteiger partial charge on any atom is 0.307 e. The van der Waals surface area contributed by atoms with Crippen molar-refractivity contribution in [2.75, 3.05) is 6.61 Å². The predicted octanol–water partition coefficient (Wildman–Crippen LogP) is 3.44. The van der Waals surface area contributed by atoms with Gasteiger partial charge in [0.1, 0.15) is 5.75 Å². The molecule has 1 N–H and O–H groups in total. The molecule has 0 heterocycles. The van der Waals surface area contributed by atoms with Gasteiger partial charge in [0.25, 0.3) is 0 Å². The van der Waals surface area contributed by atoms with Crippen LogP contribution in [0.4, 0.5) is 0 Å². The highest BCUT2D eigenvalue weighted by atomic mass is 16.5. The van der Waals surface area contributed by atoms with Gasteiger partial charge >= 0.3 is 5.97 Å². The van der Waals surface area contributed by atoms with Crippen LogP contribution in [0.5, 0.6) is 5.75 Å². The fourth-order valence-corrected chi connectivity index (χ4v) is 2.80. The minimum absolute atomic E-state index is 0.159. The molecule has 18 heavy (non-hydrogen) atoms. The molecule has 3 nitrogen and oxygen atoms in total. The molecule has 0 saturated heterocycles. The fourth-order valence-electron chi connectivity index (χ4n) is 2.80. The second-order valence-corrected chi connectivity index (χ2v) is 4.84. The summed E-state index contributed by atoms with van der Waals surface area (Å²) in [5.41, 5.74) is 1.13. The van der Waals surface area contributed by atoms with Gasteiger partial charge in [0.15, 0.2) is 0 Å². The molecular weight excluding hydrogens is 228 g/mol. The van der Waals surface area contributed by atoms with Gasteiger partial charge < -0.3 is 9.84 Å². The summed E-state index contributed by atoms with van der Waals surface area (Å²) in [5, 5.41) is 9.28. The summed E-state index contributed by atoms with van der Waals surface area (Å²) in [4.78, 5) is 11.3. The Morgan fingerprint density at radius 2 is 1.94 bits per heavy atom. The Morgan fingerprint density at radius 3 is 2.56 bits per heavy atom. The third kappa shape index (κ3) is 2.84.